The molecule has 1 amide bonds. The van der Waals surface area contributed by atoms with Gasteiger partial charge in [-0.1, -0.05) is 24.3 Å². The SMILES string of the molecule is CN(CCOc1cccc(CNC(=O)c2ccccc2N)c1)C1CCOCC1.Cl.Cl. The summed E-state index contributed by atoms with van der Waals surface area (Å²) in [7, 11) is 2.14. The third kappa shape index (κ3) is 7.69. The molecule has 0 aromatic heterocycles. The minimum absolute atomic E-state index is 0. The first-order valence-electron chi connectivity index (χ1n) is 9.76. The Bertz CT molecular complexity index is 786. The fraction of sp³-hybridized carbons (Fsp3) is 0.409. The number of para-hydroxylation sites is 1. The van der Waals surface area contributed by atoms with Crippen molar-refractivity contribution in [1.29, 1.82) is 0 Å². The second-order valence-electron chi connectivity index (χ2n) is 7.09. The largest absolute Gasteiger partial charge is 0.492 e. The number of nitrogen functional groups attached to an aromatic ring is 1. The summed E-state index contributed by atoms with van der Waals surface area (Å²) >= 11 is 0. The van der Waals surface area contributed by atoms with Crippen molar-refractivity contribution in [2.45, 2.75) is 25.4 Å². The van der Waals surface area contributed by atoms with Crippen LogP contribution in [-0.4, -0.2) is 50.3 Å². The first-order valence-corrected chi connectivity index (χ1v) is 9.76. The van der Waals surface area contributed by atoms with Crippen LogP contribution in [0, 0.1) is 0 Å². The van der Waals surface area contributed by atoms with Crippen LogP contribution >= 0.6 is 24.8 Å². The molecule has 2 aromatic carbocycles. The average Bonchev–Trinajstić information content (AvgIpc) is 2.73. The number of hydrogen-bond donors (Lipinski definition) is 2. The molecule has 3 N–H and O–H groups in total. The van der Waals surface area contributed by atoms with Gasteiger partial charge in [-0.2, -0.15) is 0 Å². The van der Waals surface area contributed by atoms with Crippen molar-refractivity contribution in [3.63, 3.8) is 0 Å². The van der Waals surface area contributed by atoms with Crippen molar-refractivity contribution in [1.82, 2.24) is 10.2 Å². The maximum Gasteiger partial charge on any atom is 0.253 e. The zero-order valence-corrected chi connectivity index (χ0v) is 18.8. The number of carbonyl (C=O) groups excluding carboxylic acids is 1. The molecule has 0 saturated carbocycles. The van der Waals surface area contributed by atoms with Gasteiger partial charge in [0.2, 0.25) is 0 Å². The molecule has 0 atom stereocenters. The molecule has 1 saturated heterocycles. The first kappa shape index (κ1) is 26.0. The van der Waals surface area contributed by atoms with Gasteiger partial charge in [0, 0.05) is 38.0 Å². The van der Waals surface area contributed by atoms with Crippen molar-refractivity contribution in [3.05, 3.63) is 59.7 Å². The Kier molecular flexibility index (Phi) is 11.6. The molecule has 0 spiro atoms. The molecule has 3 rings (SSSR count). The highest BCUT2D eigenvalue weighted by Crippen LogP contribution is 2.16. The van der Waals surface area contributed by atoms with Crippen LogP contribution in [0.2, 0.25) is 0 Å². The maximum absolute atomic E-state index is 12.3. The summed E-state index contributed by atoms with van der Waals surface area (Å²) in [4.78, 5) is 14.6. The molecule has 1 heterocycles. The molecule has 2 aromatic rings. The molecule has 1 fully saturated rings. The van der Waals surface area contributed by atoms with Gasteiger partial charge in [-0.15, -0.1) is 24.8 Å². The van der Waals surface area contributed by atoms with E-state index in [0.29, 0.717) is 30.4 Å². The number of benzene rings is 2. The van der Waals surface area contributed by atoms with Crippen LogP contribution < -0.4 is 15.8 Å². The van der Waals surface area contributed by atoms with Crippen molar-refractivity contribution < 1.29 is 14.3 Å². The van der Waals surface area contributed by atoms with Crippen molar-refractivity contribution in [2.75, 3.05) is 39.1 Å². The number of rotatable bonds is 8. The molecule has 8 heteroatoms. The van der Waals surface area contributed by atoms with Crippen molar-refractivity contribution in [3.8, 4) is 5.75 Å². The zero-order chi connectivity index (χ0) is 19.8. The van der Waals surface area contributed by atoms with Crippen LogP contribution in [0.4, 0.5) is 5.69 Å². The second kappa shape index (κ2) is 13.3. The number of nitrogens with two attached hydrogens (primary N) is 1. The lowest BCUT2D eigenvalue weighted by Crippen LogP contribution is -2.38. The second-order valence-corrected chi connectivity index (χ2v) is 7.09. The van der Waals surface area contributed by atoms with E-state index < -0.39 is 0 Å². The van der Waals surface area contributed by atoms with E-state index >= 15 is 0 Å². The minimum Gasteiger partial charge on any atom is -0.492 e. The van der Waals surface area contributed by atoms with Gasteiger partial charge in [-0.05, 0) is 49.7 Å². The van der Waals surface area contributed by atoms with Gasteiger partial charge in [-0.25, -0.2) is 0 Å². The predicted octanol–water partition coefficient (Wildman–Crippen LogP) is 3.53. The third-order valence-corrected chi connectivity index (χ3v) is 5.08. The Hall–Kier alpha value is -1.99. The number of hydrogen-bond acceptors (Lipinski definition) is 5. The van der Waals surface area contributed by atoms with Crippen LogP contribution in [0.25, 0.3) is 0 Å². The molecular formula is C22H31Cl2N3O3. The van der Waals surface area contributed by atoms with Gasteiger partial charge in [0.15, 0.2) is 0 Å². The number of ether oxygens (including phenoxy) is 2. The van der Waals surface area contributed by atoms with Gasteiger partial charge in [0.05, 0.1) is 5.56 Å². The van der Waals surface area contributed by atoms with Crippen LogP contribution in [-0.2, 0) is 11.3 Å². The molecule has 166 valence electrons. The van der Waals surface area contributed by atoms with Gasteiger partial charge in [-0.3, -0.25) is 9.69 Å². The van der Waals surface area contributed by atoms with Gasteiger partial charge in [0.25, 0.3) is 5.91 Å². The van der Waals surface area contributed by atoms with E-state index in [2.05, 4.69) is 17.3 Å². The Labute approximate surface area is 190 Å². The number of halogens is 2. The van der Waals surface area contributed by atoms with Gasteiger partial charge < -0.3 is 20.5 Å². The molecule has 0 radical (unpaired) electrons. The predicted molar refractivity (Wildman–Crippen MR) is 125 cm³/mol. The summed E-state index contributed by atoms with van der Waals surface area (Å²) < 4.78 is 11.3. The number of nitrogens with zero attached hydrogens (tertiary/aromatic N) is 1. The summed E-state index contributed by atoms with van der Waals surface area (Å²) in [5.41, 5.74) is 7.81. The van der Waals surface area contributed by atoms with Crippen LogP contribution in [0.1, 0.15) is 28.8 Å². The lowest BCUT2D eigenvalue weighted by atomic mass is 10.1. The molecule has 30 heavy (non-hydrogen) atoms. The van der Waals surface area contributed by atoms with E-state index in [1.165, 1.54) is 0 Å². The van der Waals surface area contributed by atoms with E-state index in [1.807, 2.05) is 30.3 Å². The highest BCUT2D eigenvalue weighted by atomic mass is 35.5. The Balaban J connectivity index is 0.00000225. The van der Waals surface area contributed by atoms with Crippen molar-refractivity contribution >= 4 is 36.4 Å². The van der Waals surface area contributed by atoms with E-state index in [9.17, 15) is 4.79 Å². The molecule has 0 aliphatic carbocycles. The van der Waals surface area contributed by atoms with Gasteiger partial charge in [0.1, 0.15) is 12.4 Å². The fourth-order valence-electron chi connectivity index (χ4n) is 3.34. The average molecular weight is 456 g/mol. The Morgan fingerprint density at radius 1 is 1.17 bits per heavy atom. The summed E-state index contributed by atoms with van der Waals surface area (Å²) in [5.74, 6) is 0.633. The van der Waals surface area contributed by atoms with Crippen molar-refractivity contribution in [2.24, 2.45) is 0 Å². The van der Waals surface area contributed by atoms with Crippen LogP contribution in [0.5, 0.6) is 5.75 Å². The minimum atomic E-state index is -0.178. The monoisotopic (exact) mass is 455 g/mol. The topological polar surface area (TPSA) is 76.8 Å². The summed E-state index contributed by atoms with van der Waals surface area (Å²) in [6.45, 7) is 3.62. The van der Waals surface area contributed by atoms with Crippen LogP contribution in [0.15, 0.2) is 48.5 Å². The number of carbonyl (C=O) groups is 1. The van der Waals surface area contributed by atoms with E-state index in [0.717, 1.165) is 43.9 Å². The highest BCUT2D eigenvalue weighted by molar-refractivity contribution is 5.99. The lowest BCUT2D eigenvalue weighted by Gasteiger charge is -2.31. The van der Waals surface area contributed by atoms with Crippen LogP contribution in [0.3, 0.4) is 0 Å². The Morgan fingerprint density at radius 2 is 1.90 bits per heavy atom. The molecule has 6 nitrogen and oxygen atoms in total. The Morgan fingerprint density at radius 3 is 2.63 bits per heavy atom. The molecule has 1 aliphatic heterocycles. The summed E-state index contributed by atoms with van der Waals surface area (Å²) in [6.07, 6.45) is 2.16. The zero-order valence-electron chi connectivity index (χ0n) is 17.2. The quantitative estimate of drug-likeness (QED) is 0.595. The first-order chi connectivity index (χ1) is 13.6. The molecule has 0 unspecified atom stereocenters. The van der Waals surface area contributed by atoms with Gasteiger partial charge >= 0.3 is 0 Å². The number of likely N-dealkylation sites (N-methyl/N-ethyl adjacent to an activating group) is 1. The summed E-state index contributed by atoms with van der Waals surface area (Å²) in [6, 6.07) is 15.4. The number of anilines is 1. The number of amides is 1. The summed E-state index contributed by atoms with van der Waals surface area (Å²) in [5, 5.41) is 2.91. The normalized spacial score (nSPS) is 13.8. The smallest absolute Gasteiger partial charge is 0.253 e. The fourth-order valence-corrected chi connectivity index (χ4v) is 3.34. The molecular weight excluding hydrogens is 425 g/mol. The van der Waals surface area contributed by atoms with E-state index in [-0.39, 0.29) is 30.7 Å². The highest BCUT2D eigenvalue weighted by Gasteiger charge is 2.18. The van der Waals surface area contributed by atoms with E-state index in [4.69, 9.17) is 15.2 Å². The van der Waals surface area contributed by atoms with E-state index in [1.54, 1.807) is 18.2 Å². The molecule has 0 bridgehead atoms. The maximum atomic E-state index is 12.3. The number of nitrogens with one attached hydrogen (secondary N) is 1. The third-order valence-electron chi connectivity index (χ3n) is 5.08. The lowest BCUT2D eigenvalue weighted by molar-refractivity contribution is 0.0392. The molecule has 1 aliphatic rings. The standard InChI is InChI=1S/C22H29N3O3.2ClH/c1-25(18-9-12-27-13-10-18)11-14-28-19-6-4-5-17(15-19)16-24-22(26)20-7-2-3-8-21(20)23;;/h2-8,15,18H,9-14,16,23H2,1H3,(H,24,26);2*1H.